The van der Waals surface area contributed by atoms with Crippen molar-refractivity contribution in [2.45, 2.75) is 11.3 Å². The van der Waals surface area contributed by atoms with Crippen LogP contribution in [-0.2, 0) is 9.84 Å². The van der Waals surface area contributed by atoms with E-state index in [-0.39, 0.29) is 11.3 Å². The van der Waals surface area contributed by atoms with Gasteiger partial charge in [0.25, 0.3) is 6.43 Å². The predicted molar refractivity (Wildman–Crippen MR) is 94.7 cm³/mol. The maximum atomic E-state index is 14.2. The molecule has 0 bridgehead atoms. The average Bonchev–Trinajstić information content (AvgIpc) is 2.99. The fourth-order valence-corrected chi connectivity index (χ4v) is 3.64. The van der Waals surface area contributed by atoms with E-state index >= 15 is 0 Å². The normalized spacial score (nSPS) is 12.0. The van der Waals surface area contributed by atoms with Crippen LogP contribution < -0.4 is 0 Å². The second kappa shape index (κ2) is 7.08. The first-order valence-electron chi connectivity index (χ1n) is 7.41. The number of rotatable bonds is 4. The highest BCUT2D eigenvalue weighted by molar-refractivity contribution is 9.10. The molecule has 0 saturated carbocycles. The molecule has 4 nitrogen and oxygen atoms in total. The summed E-state index contributed by atoms with van der Waals surface area (Å²) in [6, 6.07) is 9.01. The molecular formula is C17H11BrF4N2O2S. The lowest BCUT2D eigenvalue weighted by Gasteiger charge is -2.10. The molecule has 0 spiro atoms. The van der Waals surface area contributed by atoms with Crippen molar-refractivity contribution in [3.05, 3.63) is 64.3 Å². The van der Waals surface area contributed by atoms with Gasteiger partial charge in [0.05, 0.1) is 11.4 Å². The molecule has 1 aromatic heterocycles. The molecule has 0 aliphatic rings. The zero-order chi connectivity index (χ0) is 19.9. The van der Waals surface area contributed by atoms with Crippen LogP contribution in [0.4, 0.5) is 17.6 Å². The quantitative estimate of drug-likeness (QED) is 0.517. The van der Waals surface area contributed by atoms with Crippen LogP contribution in [0.5, 0.6) is 0 Å². The third kappa shape index (κ3) is 3.91. The van der Waals surface area contributed by atoms with E-state index in [1.54, 1.807) is 24.3 Å². The fraction of sp³-hybridized carbons (Fsp3) is 0.118. The second-order valence-corrected chi connectivity index (χ2v) is 8.55. The van der Waals surface area contributed by atoms with Gasteiger partial charge in [-0.3, -0.25) is 0 Å². The Hall–Kier alpha value is -2.20. The number of nitrogens with zero attached hydrogens (tertiary/aromatic N) is 2. The van der Waals surface area contributed by atoms with E-state index in [4.69, 9.17) is 0 Å². The van der Waals surface area contributed by atoms with Gasteiger partial charge in [0.2, 0.25) is 0 Å². The summed E-state index contributed by atoms with van der Waals surface area (Å²) in [6.07, 6.45) is -2.22. The summed E-state index contributed by atoms with van der Waals surface area (Å²) >= 11 is 3.25. The minimum Gasteiger partial charge on any atom is -0.233 e. The van der Waals surface area contributed by atoms with Crippen LogP contribution in [0, 0.1) is 11.6 Å². The molecule has 0 fully saturated rings. The Labute approximate surface area is 160 Å². The van der Waals surface area contributed by atoms with Crippen LogP contribution in [-0.4, -0.2) is 24.5 Å². The predicted octanol–water partition coefficient (Wildman–Crippen LogP) is 4.92. The molecule has 0 aliphatic carbocycles. The van der Waals surface area contributed by atoms with E-state index in [2.05, 4.69) is 21.0 Å². The average molecular weight is 463 g/mol. The summed E-state index contributed by atoms with van der Waals surface area (Å²) in [4.78, 5) is -1.07. The molecule has 142 valence electrons. The second-order valence-electron chi connectivity index (χ2n) is 5.68. The summed E-state index contributed by atoms with van der Waals surface area (Å²) < 4.78 is 79.7. The van der Waals surface area contributed by atoms with Crippen LogP contribution in [0.25, 0.3) is 16.9 Å². The monoisotopic (exact) mass is 462 g/mol. The van der Waals surface area contributed by atoms with Crippen molar-refractivity contribution in [3.63, 3.8) is 0 Å². The van der Waals surface area contributed by atoms with Crippen molar-refractivity contribution in [1.29, 1.82) is 0 Å². The summed E-state index contributed by atoms with van der Waals surface area (Å²) in [6.45, 7) is 0. The topological polar surface area (TPSA) is 52.0 Å². The molecule has 0 N–H and O–H groups in total. The summed E-state index contributed by atoms with van der Waals surface area (Å²) in [5, 5.41) is 3.80. The van der Waals surface area contributed by atoms with Crippen LogP contribution >= 0.6 is 15.9 Å². The molecule has 0 aliphatic heterocycles. The molecule has 0 saturated heterocycles. The summed E-state index contributed by atoms with van der Waals surface area (Å²) in [5.41, 5.74) is -0.334. The number of aromatic nitrogens is 2. The van der Waals surface area contributed by atoms with Crippen LogP contribution in [0.2, 0.25) is 0 Å². The van der Waals surface area contributed by atoms with Crippen LogP contribution in [0.3, 0.4) is 0 Å². The highest BCUT2D eigenvalue weighted by Crippen LogP contribution is 2.31. The summed E-state index contributed by atoms with van der Waals surface area (Å²) in [7, 11) is -4.14. The van der Waals surface area contributed by atoms with Crippen molar-refractivity contribution in [3.8, 4) is 16.9 Å². The first-order chi connectivity index (χ1) is 12.6. The maximum Gasteiger partial charge on any atom is 0.282 e. The molecule has 0 unspecified atom stereocenters. The van der Waals surface area contributed by atoms with E-state index in [9.17, 15) is 26.0 Å². The first kappa shape index (κ1) is 19.6. The van der Waals surface area contributed by atoms with Crippen LogP contribution in [0.15, 0.2) is 51.8 Å². The van der Waals surface area contributed by atoms with Crippen molar-refractivity contribution < 1.29 is 26.0 Å². The van der Waals surface area contributed by atoms with E-state index in [0.29, 0.717) is 11.9 Å². The SMILES string of the molecule is CS(=O)(=O)c1c(F)cc(-c2cc(C(F)F)nn2-c2ccc(Br)cc2)cc1F. The number of alkyl halides is 2. The Morgan fingerprint density at radius 1 is 1.04 bits per heavy atom. The van der Waals surface area contributed by atoms with Gasteiger partial charge in [-0.2, -0.15) is 5.10 Å². The van der Waals surface area contributed by atoms with Gasteiger partial charge in [0.1, 0.15) is 22.2 Å². The highest BCUT2D eigenvalue weighted by atomic mass is 79.9. The van der Waals surface area contributed by atoms with E-state index < -0.39 is 38.5 Å². The Morgan fingerprint density at radius 3 is 2.07 bits per heavy atom. The van der Waals surface area contributed by atoms with Gasteiger partial charge in [0, 0.05) is 16.3 Å². The van der Waals surface area contributed by atoms with Gasteiger partial charge in [0.15, 0.2) is 9.84 Å². The van der Waals surface area contributed by atoms with Gasteiger partial charge in [-0.15, -0.1) is 0 Å². The Kier molecular flexibility index (Phi) is 5.13. The zero-order valence-corrected chi connectivity index (χ0v) is 16.0. The number of sulfone groups is 1. The van der Waals surface area contributed by atoms with E-state index in [1.807, 2.05) is 0 Å². The summed E-state index contributed by atoms with van der Waals surface area (Å²) in [5.74, 6) is -2.62. The fourth-order valence-electron chi connectivity index (χ4n) is 2.55. The molecule has 0 radical (unpaired) electrons. The molecule has 0 amide bonds. The lowest BCUT2D eigenvalue weighted by molar-refractivity contribution is 0.145. The first-order valence-corrected chi connectivity index (χ1v) is 10.1. The van der Waals surface area contributed by atoms with Gasteiger partial charge >= 0.3 is 0 Å². The zero-order valence-electron chi connectivity index (χ0n) is 13.6. The van der Waals surface area contributed by atoms with Gasteiger partial charge in [-0.25, -0.2) is 30.7 Å². The van der Waals surface area contributed by atoms with Crippen molar-refractivity contribution in [1.82, 2.24) is 9.78 Å². The molecule has 2 aromatic carbocycles. The smallest absolute Gasteiger partial charge is 0.233 e. The van der Waals surface area contributed by atoms with E-state index in [0.717, 1.165) is 27.4 Å². The molecule has 10 heteroatoms. The van der Waals surface area contributed by atoms with Crippen LogP contribution in [0.1, 0.15) is 12.1 Å². The standard InChI is InChI=1S/C17H11BrF4N2O2S/c1-27(25,26)16-12(19)6-9(7-13(16)20)15-8-14(17(21)22)23-24(15)11-4-2-10(18)3-5-11/h2-8,17H,1H3. The maximum absolute atomic E-state index is 14.2. The third-order valence-corrected chi connectivity index (χ3v) is 5.35. The van der Waals surface area contributed by atoms with Crippen molar-refractivity contribution in [2.75, 3.05) is 6.26 Å². The Balaban J connectivity index is 2.24. The number of hydrogen-bond donors (Lipinski definition) is 0. The van der Waals surface area contributed by atoms with Crippen molar-refractivity contribution in [2.24, 2.45) is 0 Å². The molecule has 0 atom stereocenters. The minimum absolute atomic E-state index is 0.00882. The molecule has 1 heterocycles. The van der Waals surface area contributed by atoms with E-state index in [1.165, 1.54) is 0 Å². The number of hydrogen-bond acceptors (Lipinski definition) is 3. The lowest BCUT2D eigenvalue weighted by Crippen LogP contribution is -2.06. The van der Waals surface area contributed by atoms with Gasteiger partial charge in [-0.1, -0.05) is 15.9 Å². The highest BCUT2D eigenvalue weighted by Gasteiger charge is 2.24. The van der Waals surface area contributed by atoms with Crippen molar-refractivity contribution >= 4 is 25.8 Å². The minimum atomic E-state index is -4.14. The largest absolute Gasteiger partial charge is 0.282 e. The molecule has 3 aromatic rings. The number of halogens is 5. The molecular weight excluding hydrogens is 452 g/mol. The lowest BCUT2D eigenvalue weighted by atomic mass is 10.1. The molecule has 3 rings (SSSR count). The number of benzene rings is 2. The Bertz CT molecular complexity index is 1090. The Morgan fingerprint density at radius 2 is 1.59 bits per heavy atom. The van der Waals surface area contributed by atoms with Gasteiger partial charge < -0.3 is 0 Å². The van der Waals surface area contributed by atoms with Gasteiger partial charge in [-0.05, 0) is 42.5 Å². The molecule has 27 heavy (non-hydrogen) atoms. The third-order valence-electron chi connectivity index (χ3n) is 3.69.